The summed E-state index contributed by atoms with van der Waals surface area (Å²) >= 11 is 0. The van der Waals surface area contributed by atoms with Gasteiger partial charge in [-0.25, -0.2) is 0 Å². The third-order valence-corrected chi connectivity index (χ3v) is 14.9. The van der Waals surface area contributed by atoms with Crippen LogP contribution >= 0.6 is 0 Å². The lowest BCUT2D eigenvalue weighted by atomic mass is 9.79. The highest BCUT2D eigenvalue weighted by atomic mass is 32.2. The molecule has 0 aromatic heterocycles. The Morgan fingerprint density at radius 3 is 1.42 bits per heavy atom. The van der Waals surface area contributed by atoms with E-state index in [0.29, 0.717) is 34.5 Å². The highest BCUT2D eigenvalue weighted by molar-refractivity contribution is 7.86. The zero-order valence-corrected chi connectivity index (χ0v) is 42.0. The van der Waals surface area contributed by atoms with Gasteiger partial charge in [0.15, 0.2) is 0 Å². The molecule has 0 aliphatic heterocycles. The number of rotatable bonds is 11. The Labute approximate surface area is 387 Å². The zero-order valence-electron chi connectivity index (χ0n) is 40.4. The van der Waals surface area contributed by atoms with Crippen LogP contribution in [0.5, 0.6) is 5.75 Å². The van der Waals surface area contributed by atoms with Gasteiger partial charge in [-0.05, 0) is 181 Å². The molecule has 0 fully saturated rings. The first-order chi connectivity index (χ1) is 29.9. The fourth-order valence-electron chi connectivity index (χ4n) is 9.71. The molecule has 0 bridgehead atoms. The van der Waals surface area contributed by atoms with Gasteiger partial charge in [-0.3, -0.25) is 9.11 Å². The third kappa shape index (κ3) is 10.6. The topological polar surface area (TPSA) is 141 Å². The van der Waals surface area contributed by atoms with Gasteiger partial charge in [0.05, 0.1) is 4.90 Å². The van der Waals surface area contributed by atoms with Crippen molar-refractivity contribution in [2.24, 2.45) is 0 Å². The van der Waals surface area contributed by atoms with Crippen molar-refractivity contribution in [3.05, 3.63) is 180 Å². The molecular weight excluding hydrogens is 851 g/mol. The summed E-state index contributed by atoms with van der Waals surface area (Å²) in [5.74, 6) is -0.402. The highest BCUT2D eigenvalue weighted by Gasteiger charge is 2.30. The minimum atomic E-state index is -4.79. The van der Waals surface area contributed by atoms with Crippen LogP contribution in [0.1, 0.15) is 142 Å². The zero-order chi connectivity index (χ0) is 48.3. The molecular formula is C55H65NO7S2. The molecule has 1 unspecified atom stereocenters. The van der Waals surface area contributed by atoms with Gasteiger partial charge < -0.3 is 10.4 Å². The quantitative estimate of drug-likeness (QED) is 0.0572. The van der Waals surface area contributed by atoms with Crippen molar-refractivity contribution >= 4 is 31.6 Å². The molecule has 0 saturated heterocycles. The lowest BCUT2D eigenvalue weighted by Gasteiger charge is -2.28. The van der Waals surface area contributed by atoms with Gasteiger partial charge in [-0.2, -0.15) is 16.8 Å². The number of anilines is 2. The monoisotopic (exact) mass is 915 g/mol. The lowest BCUT2D eigenvalue weighted by Crippen LogP contribution is -2.17. The lowest BCUT2D eigenvalue weighted by molar-refractivity contribution is 0.423. The number of hydrogen-bond acceptors (Lipinski definition) is 6. The maximum atomic E-state index is 13.6. The number of benzene rings is 6. The van der Waals surface area contributed by atoms with E-state index in [9.17, 15) is 31.0 Å². The second-order valence-electron chi connectivity index (χ2n) is 20.2. The Hall–Kier alpha value is -5.26. The molecule has 0 aliphatic carbocycles. The molecule has 0 amide bonds. The van der Waals surface area contributed by atoms with Crippen LogP contribution in [0.3, 0.4) is 0 Å². The molecule has 0 aliphatic rings. The number of phenols is 1. The van der Waals surface area contributed by atoms with Crippen LogP contribution in [0.25, 0.3) is 0 Å². The predicted molar refractivity (Wildman–Crippen MR) is 265 cm³/mol. The van der Waals surface area contributed by atoms with Gasteiger partial charge in [0, 0.05) is 28.4 Å². The summed E-state index contributed by atoms with van der Waals surface area (Å²) in [5, 5.41) is 14.8. The smallest absolute Gasteiger partial charge is 0.295 e. The Bertz CT molecular complexity index is 3020. The third-order valence-electron chi connectivity index (χ3n) is 12.8. The summed E-state index contributed by atoms with van der Waals surface area (Å²) in [6, 6.07) is 27.3. The average molecular weight is 916 g/mol. The molecule has 344 valence electrons. The Morgan fingerprint density at radius 2 is 0.969 bits per heavy atom. The first-order valence-electron chi connectivity index (χ1n) is 22.0. The molecule has 0 spiro atoms. The number of phenolic OH excluding ortho intramolecular Hbond substituents is 1. The minimum absolute atomic E-state index is 0.0801. The summed E-state index contributed by atoms with van der Waals surface area (Å²) in [6.45, 7) is 27.9. The van der Waals surface area contributed by atoms with Crippen molar-refractivity contribution in [3.63, 3.8) is 0 Å². The molecule has 4 N–H and O–H groups in total. The van der Waals surface area contributed by atoms with Crippen molar-refractivity contribution in [3.8, 4) is 5.75 Å². The normalized spacial score (nSPS) is 13.0. The number of aromatic hydroxyl groups is 1. The summed E-state index contributed by atoms with van der Waals surface area (Å²) in [4.78, 5) is -0.316. The molecule has 0 heterocycles. The highest BCUT2D eigenvalue weighted by Crippen LogP contribution is 2.44. The van der Waals surface area contributed by atoms with Crippen LogP contribution < -0.4 is 5.32 Å². The molecule has 1 atom stereocenters. The first-order valence-corrected chi connectivity index (χ1v) is 24.9. The largest absolute Gasteiger partial charge is 0.507 e. The van der Waals surface area contributed by atoms with Gasteiger partial charge in [0.2, 0.25) is 0 Å². The SMILES string of the molecule is Cc1cc(C)c(Cc2ccc(C(c3ccc(Cc4c(C)cc(C)c(S(=O)(=O)O)c4C)cc3C)c3ccc(Nc4cc(C(C)(C)C)c(O)c(C(C)(C)C)c4)cc3S(=O)(=O)O)c(C)c2)c(C)c1. The van der Waals surface area contributed by atoms with Crippen molar-refractivity contribution in [2.45, 2.75) is 136 Å². The van der Waals surface area contributed by atoms with E-state index in [1.165, 1.54) is 28.3 Å². The van der Waals surface area contributed by atoms with Gasteiger partial charge in [0.25, 0.3) is 20.2 Å². The molecule has 8 nitrogen and oxygen atoms in total. The van der Waals surface area contributed by atoms with Gasteiger partial charge in [-0.1, -0.05) is 108 Å². The standard InChI is InChI=1S/C55H65NO7S2/c1-31-21-32(2)46(33(3)22-31)26-39-15-18-43(35(5)24-39)51(44-19-16-40(25-36(44)6)27-47-34(4)23-37(7)53(38(47)8)65(61,62)63)45-20-17-41(30-50(45)64(58,59)60)56-42-28-48(54(9,10)11)52(57)49(29-42)55(12,13)14/h15-25,28-30,51,56-57H,26-27H2,1-14H3,(H,58,59,60)(H,61,62,63). The van der Waals surface area contributed by atoms with Crippen LogP contribution in [0.4, 0.5) is 11.4 Å². The average Bonchev–Trinajstić information content (AvgIpc) is 3.15. The summed E-state index contributed by atoms with van der Waals surface area (Å²) in [7, 11) is -9.25. The molecule has 6 aromatic carbocycles. The van der Waals surface area contributed by atoms with E-state index in [2.05, 4.69) is 56.4 Å². The molecule has 6 rings (SSSR count). The van der Waals surface area contributed by atoms with E-state index in [1.54, 1.807) is 26.0 Å². The Kier molecular flexibility index (Phi) is 13.5. The van der Waals surface area contributed by atoms with Gasteiger partial charge in [-0.15, -0.1) is 0 Å². The second kappa shape index (κ2) is 17.9. The van der Waals surface area contributed by atoms with E-state index >= 15 is 0 Å². The molecule has 10 heteroatoms. The molecule has 6 aromatic rings. The maximum absolute atomic E-state index is 13.6. The van der Waals surface area contributed by atoms with Crippen LogP contribution in [-0.4, -0.2) is 31.0 Å². The Morgan fingerprint density at radius 1 is 0.508 bits per heavy atom. The summed E-state index contributed by atoms with van der Waals surface area (Å²) in [5.41, 5.74) is 15.4. The van der Waals surface area contributed by atoms with Crippen molar-refractivity contribution < 1.29 is 31.0 Å². The van der Waals surface area contributed by atoms with Crippen molar-refractivity contribution in [1.82, 2.24) is 0 Å². The van der Waals surface area contributed by atoms with Crippen molar-refractivity contribution in [1.29, 1.82) is 0 Å². The predicted octanol–water partition coefficient (Wildman–Crippen LogP) is 13.1. The molecule has 0 radical (unpaired) electrons. The van der Waals surface area contributed by atoms with Crippen molar-refractivity contribution in [2.75, 3.05) is 5.32 Å². The minimum Gasteiger partial charge on any atom is -0.507 e. The van der Waals surface area contributed by atoms with E-state index in [4.69, 9.17) is 0 Å². The number of aryl methyl sites for hydroxylation is 7. The number of nitrogens with one attached hydrogen (secondary N) is 1. The summed E-state index contributed by atoms with van der Waals surface area (Å²) in [6.07, 6.45) is 1.13. The fraction of sp³-hybridized carbons (Fsp3) is 0.345. The van der Waals surface area contributed by atoms with Crippen LogP contribution in [0.2, 0.25) is 0 Å². The number of hydrogen-bond donors (Lipinski definition) is 4. The second-order valence-corrected chi connectivity index (χ2v) is 23.0. The van der Waals surface area contributed by atoms with Crippen LogP contribution in [0, 0.1) is 55.4 Å². The summed E-state index contributed by atoms with van der Waals surface area (Å²) < 4.78 is 73.3. The van der Waals surface area contributed by atoms with E-state index < -0.39 is 37.0 Å². The molecule has 0 saturated carbocycles. The van der Waals surface area contributed by atoms with Crippen LogP contribution in [0.15, 0.2) is 94.7 Å². The fourth-order valence-corrected chi connectivity index (χ4v) is 11.4. The van der Waals surface area contributed by atoms with Gasteiger partial charge >= 0.3 is 0 Å². The van der Waals surface area contributed by atoms with E-state index in [-0.39, 0.29) is 15.5 Å². The maximum Gasteiger partial charge on any atom is 0.295 e. The molecule has 65 heavy (non-hydrogen) atoms. The van der Waals surface area contributed by atoms with E-state index in [0.717, 1.165) is 62.1 Å². The first kappa shape index (κ1) is 49.2. The van der Waals surface area contributed by atoms with E-state index in [1.807, 2.05) is 98.7 Å². The van der Waals surface area contributed by atoms with Gasteiger partial charge in [0.1, 0.15) is 10.6 Å². The Balaban J connectivity index is 1.52. The van der Waals surface area contributed by atoms with Crippen LogP contribution in [-0.2, 0) is 43.9 Å².